The van der Waals surface area contributed by atoms with Crippen molar-refractivity contribution in [1.82, 2.24) is 0 Å². The van der Waals surface area contributed by atoms with E-state index in [0.29, 0.717) is 12.8 Å². The Morgan fingerprint density at radius 3 is 1.43 bits per heavy atom. The molecule has 0 amide bonds. The van der Waals surface area contributed by atoms with Crippen LogP contribution in [0.4, 0.5) is 0 Å². The van der Waals surface area contributed by atoms with E-state index < -0.39 is 23.3 Å². The fourth-order valence-electron chi connectivity index (χ4n) is 3.02. The molecule has 21 heavy (non-hydrogen) atoms. The number of carboxylic acids is 3. The largest absolute Gasteiger partial charge is 0.481 e. The third kappa shape index (κ3) is 4.72. The Morgan fingerprint density at radius 1 is 0.714 bits per heavy atom. The van der Waals surface area contributed by atoms with Crippen LogP contribution in [0.15, 0.2) is 0 Å². The van der Waals surface area contributed by atoms with Crippen molar-refractivity contribution in [2.45, 2.75) is 64.2 Å². The van der Waals surface area contributed by atoms with Gasteiger partial charge in [-0.25, -0.2) is 0 Å². The Kier molecular flexibility index (Phi) is 6.65. The van der Waals surface area contributed by atoms with E-state index in [1.165, 1.54) is 6.42 Å². The van der Waals surface area contributed by atoms with E-state index in [1.807, 2.05) is 0 Å². The maximum absolute atomic E-state index is 10.7. The molecule has 6 nitrogen and oxygen atoms in total. The van der Waals surface area contributed by atoms with Gasteiger partial charge in [0.05, 0.1) is 5.92 Å². The summed E-state index contributed by atoms with van der Waals surface area (Å²) in [5, 5.41) is 26.1. The molecule has 0 aliphatic heterocycles. The zero-order valence-corrected chi connectivity index (χ0v) is 12.2. The summed E-state index contributed by atoms with van der Waals surface area (Å²) in [6.45, 7) is 0. The van der Waals surface area contributed by atoms with Crippen LogP contribution in [0.1, 0.15) is 64.2 Å². The molecule has 0 radical (unpaired) electrons. The van der Waals surface area contributed by atoms with Gasteiger partial charge >= 0.3 is 17.9 Å². The molecule has 2 saturated carbocycles. The molecule has 2 aliphatic carbocycles. The summed E-state index contributed by atoms with van der Waals surface area (Å²) in [7, 11) is 0. The highest BCUT2D eigenvalue weighted by molar-refractivity contribution is 5.98. The molecule has 3 N–H and O–H groups in total. The van der Waals surface area contributed by atoms with Crippen molar-refractivity contribution in [1.29, 1.82) is 0 Å². The Labute approximate surface area is 124 Å². The summed E-state index contributed by atoms with van der Waals surface area (Å²) in [6, 6.07) is 0. The van der Waals surface area contributed by atoms with Gasteiger partial charge in [0.1, 0.15) is 0 Å². The first-order valence-electron chi connectivity index (χ1n) is 7.60. The van der Waals surface area contributed by atoms with Gasteiger partial charge in [0, 0.05) is 0 Å². The van der Waals surface area contributed by atoms with Crippen LogP contribution in [0, 0.1) is 11.3 Å². The van der Waals surface area contributed by atoms with Crippen LogP contribution in [0.3, 0.4) is 0 Å². The lowest BCUT2D eigenvalue weighted by Gasteiger charge is -2.28. The average Bonchev–Trinajstić information content (AvgIpc) is 2.49. The van der Waals surface area contributed by atoms with Crippen molar-refractivity contribution >= 4 is 17.9 Å². The number of hydrogen-bond donors (Lipinski definition) is 3. The van der Waals surface area contributed by atoms with Gasteiger partial charge in [-0.1, -0.05) is 38.5 Å². The van der Waals surface area contributed by atoms with E-state index in [1.54, 1.807) is 0 Å². The fourth-order valence-corrected chi connectivity index (χ4v) is 3.02. The molecule has 0 saturated heterocycles. The van der Waals surface area contributed by atoms with E-state index in [9.17, 15) is 14.4 Å². The highest BCUT2D eigenvalue weighted by Crippen LogP contribution is 2.36. The normalized spacial score (nSPS) is 21.7. The molecule has 2 aliphatic rings. The number of carbonyl (C=O) groups is 3. The number of carboxylic acid groups (broad SMARTS) is 3. The quantitative estimate of drug-likeness (QED) is 0.691. The second-order valence-corrected chi connectivity index (χ2v) is 5.93. The lowest BCUT2D eigenvalue weighted by atomic mass is 9.74. The Hall–Kier alpha value is -1.59. The van der Waals surface area contributed by atoms with Gasteiger partial charge in [-0.2, -0.15) is 0 Å². The standard InChI is InChI=1S/C8H12O4.C7H12O2/c9-6(10)8(7(11)12)4-2-1-3-5-8;8-7(9)6-4-2-1-3-5-6/h1-5H2,(H,9,10)(H,11,12);6H,1-5H2,(H,8,9). The molecule has 6 heteroatoms. The lowest BCUT2D eigenvalue weighted by Crippen LogP contribution is -2.40. The molecule has 0 bridgehead atoms. The lowest BCUT2D eigenvalue weighted by molar-refractivity contribution is -0.167. The second kappa shape index (κ2) is 8.00. The summed E-state index contributed by atoms with van der Waals surface area (Å²) in [5.74, 6) is -3.00. The number of rotatable bonds is 3. The summed E-state index contributed by atoms with van der Waals surface area (Å²) < 4.78 is 0. The Morgan fingerprint density at radius 2 is 1.14 bits per heavy atom. The minimum atomic E-state index is -1.49. The van der Waals surface area contributed by atoms with Crippen molar-refractivity contribution in [3.8, 4) is 0 Å². The van der Waals surface area contributed by atoms with Gasteiger partial charge < -0.3 is 15.3 Å². The van der Waals surface area contributed by atoms with Gasteiger partial charge in [-0.3, -0.25) is 14.4 Å². The van der Waals surface area contributed by atoms with E-state index >= 15 is 0 Å². The maximum Gasteiger partial charge on any atom is 0.321 e. The van der Waals surface area contributed by atoms with Crippen molar-refractivity contribution in [2.24, 2.45) is 11.3 Å². The number of aliphatic carboxylic acids is 3. The zero-order valence-electron chi connectivity index (χ0n) is 12.2. The van der Waals surface area contributed by atoms with Crippen LogP contribution in [0.5, 0.6) is 0 Å². The second-order valence-electron chi connectivity index (χ2n) is 5.93. The van der Waals surface area contributed by atoms with Crippen molar-refractivity contribution < 1.29 is 29.7 Å². The molecule has 0 heterocycles. The van der Waals surface area contributed by atoms with E-state index in [-0.39, 0.29) is 18.8 Å². The molecular formula is C15H24O6. The predicted molar refractivity (Wildman–Crippen MR) is 75.0 cm³/mol. The van der Waals surface area contributed by atoms with Crippen LogP contribution < -0.4 is 0 Å². The summed E-state index contributed by atoms with van der Waals surface area (Å²) in [6.07, 6.45) is 8.15. The molecule has 0 atom stereocenters. The molecular weight excluding hydrogens is 276 g/mol. The summed E-state index contributed by atoms with van der Waals surface area (Å²) in [4.78, 5) is 31.8. The summed E-state index contributed by atoms with van der Waals surface area (Å²) in [5.41, 5.74) is -1.49. The molecule has 2 rings (SSSR count). The van der Waals surface area contributed by atoms with Crippen molar-refractivity contribution in [3.05, 3.63) is 0 Å². The van der Waals surface area contributed by atoms with Crippen molar-refractivity contribution in [2.75, 3.05) is 0 Å². The van der Waals surface area contributed by atoms with E-state index in [0.717, 1.165) is 32.1 Å². The summed E-state index contributed by atoms with van der Waals surface area (Å²) >= 11 is 0. The van der Waals surface area contributed by atoms with E-state index in [4.69, 9.17) is 15.3 Å². The first kappa shape index (κ1) is 17.5. The monoisotopic (exact) mass is 300 g/mol. The van der Waals surface area contributed by atoms with Crippen LogP contribution in [0.25, 0.3) is 0 Å². The SMILES string of the molecule is O=C(O)C1(C(=O)O)CCCCC1.O=C(O)C1CCCCC1. The maximum atomic E-state index is 10.7. The predicted octanol–water partition coefficient (Wildman–Crippen LogP) is 2.76. The fraction of sp³-hybridized carbons (Fsp3) is 0.800. The molecule has 0 aromatic carbocycles. The van der Waals surface area contributed by atoms with Crippen LogP contribution in [-0.4, -0.2) is 33.2 Å². The highest BCUT2D eigenvalue weighted by atomic mass is 16.4. The molecule has 0 unspecified atom stereocenters. The molecule has 0 spiro atoms. The first-order chi connectivity index (χ1) is 9.90. The third-order valence-electron chi connectivity index (χ3n) is 4.48. The zero-order chi connectivity index (χ0) is 15.9. The Bertz CT molecular complexity index is 362. The van der Waals surface area contributed by atoms with Gasteiger partial charge in [-0.05, 0) is 25.7 Å². The van der Waals surface area contributed by atoms with Gasteiger partial charge in [-0.15, -0.1) is 0 Å². The molecule has 0 aromatic rings. The van der Waals surface area contributed by atoms with Crippen LogP contribution in [0.2, 0.25) is 0 Å². The average molecular weight is 300 g/mol. The molecule has 2 fully saturated rings. The minimum absolute atomic E-state index is 0.0289. The number of hydrogen-bond acceptors (Lipinski definition) is 3. The Balaban J connectivity index is 0.000000219. The topological polar surface area (TPSA) is 112 Å². The first-order valence-corrected chi connectivity index (χ1v) is 7.60. The van der Waals surface area contributed by atoms with Crippen molar-refractivity contribution in [3.63, 3.8) is 0 Å². The molecule has 0 aromatic heterocycles. The van der Waals surface area contributed by atoms with Crippen LogP contribution in [-0.2, 0) is 14.4 Å². The molecule has 120 valence electrons. The minimum Gasteiger partial charge on any atom is -0.481 e. The van der Waals surface area contributed by atoms with Gasteiger partial charge in [0.15, 0.2) is 5.41 Å². The van der Waals surface area contributed by atoms with Gasteiger partial charge in [0.2, 0.25) is 0 Å². The smallest absolute Gasteiger partial charge is 0.321 e. The highest BCUT2D eigenvalue weighted by Gasteiger charge is 2.46. The van der Waals surface area contributed by atoms with Crippen LogP contribution >= 0.6 is 0 Å². The third-order valence-corrected chi connectivity index (χ3v) is 4.48. The van der Waals surface area contributed by atoms with Gasteiger partial charge in [0.25, 0.3) is 0 Å². The van der Waals surface area contributed by atoms with E-state index in [2.05, 4.69) is 0 Å².